The third-order valence-corrected chi connectivity index (χ3v) is 7.13. The minimum atomic E-state index is -0.332. The molecule has 158 valence electrons. The Morgan fingerprint density at radius 1 is 1.03 bits per heavy atom. The number of aromatic nitrogens is 4. The predicted octanol–water partition coefficient (Wildman–Crippen LogP) is 4.07. The standard InChI is InChI=1S/C24H19N5O2S/c1-13-7-8-32-20(13)21-26-27-22-23(30)25-18-10-17(14(2)9-19(18)29(21)22)24(31)28-11-15-5-3-4-6-16(15)12-28/h3-10H,11-12H2,1-2H3,(H,25,30). The molecule has 0 spiro atoms. The second-order valence-corrected chi connectivity index (χ2v) is 9.10. The number of benzene rings is 2. The van der Waals surface area contributed by atoms with Crippen molar-refractivity contribution < 1.29 is 4.79 Å². The van der Waals surface area contributed by atoms with Gasteiger partial charge in [-0.05, 0) is 59.7 Å². The Labute approximate surface area is 187 Å². The third kappa shape index (κ3) is 2.73. The fourth-order valence-corrected chi connectivity index (χ4v) is 5.34. The highest BCUT2D eigenvalue weighted by Gasteiger charge is 2.26. The Morgan fingerprint density at radius 3 is 2.47 bits per heavy atom. The topological polar surface area (TPSA) is 83.4 Å². The summed E-state index contributed by atoms with van der Waals surface area (Å²) >= 11 is 1.56. The number of fused-ring (bicyclic) bond motifs is 4. The van der Waals surface area contributed by atoms with Crippen LogP contribution in [-0.4, -0.2) is 30.4 Å². The van der Waals surface area contributed by atoms with Crippen molar-refractivity contribution in [1.82, 2.24) is 24.5 Å². The molecule has 6 rings (SSSR count). The highest BCUT2D eigenvalue weighted by molar-refractivity contribution is 7.13. The van der Waals surface area contributed by atoms with Crippen molar-refractivity contribution in [2.75, 3.05) is 0 Å². The van der Waals surface area contributed by atoms with Gasteiger partial charge in [-0.1, -0.05) is 24.3 Å². The summed E-state index contributed by atoms with van der Waals surface area (Å²) in [4.78, 5) is 31.8. The Hall–Kier alpha value is -3.78. The van der Waals surface area contributed by atoms with Gasteiger partial charge in [0.25, 0.3) is 11.5 Å². The Balaban J connectivity index is 1.51. The summed E-state index contributed by atoms with van der Waals surface area (Å²) in [5.41, 5.74) is 6.13. The van der Waals surface area contributed by atoms with Gasteiger partial charge in [-0.25, -0.2) is 0 Å². The van der Waals surface area contributed by atoms with E-state index in [1.807, 2.05) is 48.4 Å². The first-order valence-corrected chi connectivity index (χ1v) is 11.2. The van der Waals surface area contributed by atoms with Gasteiger partial charge in [0.15, 0.2) is 5.82 Å². The van der Waals surface area contributed by atoms with E-state index >= 15 is 0 Å². The van der Waals surface area contributed by atoms with E-state index in [9.17, 15) is 9.59 Å². The van der Waals surface area contributed by atoms with Gasteiger partial charge in [0.2, 0.25) is 5.65 Å². The van der Waals surface area contributed by atoms with Crippen molar-refractivity contribution >= 4 is 33.9 Å². The molecule has 1 aliphatic heterocycles. The number of hydrogen-bond donors (Lipinski definition) is 1. The maximum Gasteiger partial charge on any atom is 0.294 e. The van der Waals surface area contributed by atoms with Gasteiger partial charge in [0, 0.05) is 18.7 Å². The van der Waals surface area contributed by atoms with Crippen molar-refractivity contribution in [3.63, 3.8) is 0 Å². The lowest BCUT2D eigenvalue weighted by molar-refractivity contribution is 0.0751. The van der Waals surface area contributed by atoms with E-state index in [1.54, 1.807) is 21.8 Å². The molecular formula is C24H19N5O2S. The molecule has 0 saturated heterocycles. The zero-order chi connectivity index (χ0) is 22.0. The lowest BCUT2D eigenvalue weighted by Crippen LogP contribution is -2.26. The number of hydrogen-bond acceptors (Lipinski definition) is 5. The summed E-state index contributed by atoms with van der Waals surface area (Å²) in [7, 11) is 0. The Bertz CT molecular complexity index is 1590. The molecule has 0 unspecified atom stereocenters. The van der Waals surface area contributed by atoms with Crippen LogP contribution >= 0.6 is 11.3 Å². The number of carbonyl (C=O) groups is 1. The monoisotopic (exact) mass is 441 g/mol. The number of thiophene rings is 1. The minimum Gasteiger partial charge on any atom is -0.330 e. The smallest absolute Gasteiger partial charge is 0.294 e. The maximum absolute atomic E-state index is 13.4. The predicted molar refractivity (Wildman–Crippen MR) is 124 cm³/mol. The summed E-state index contributed by atoms with van der Waals surface area (Å²) < 4.78 is 1.79. The summed E-state index contributed by atoms with van der Waals surface area (Å²) in [6.07, 6.45) is 0. The van der Waals surface area contributed by atoms with Crippen LogP contribution < -0.4 is 5.56 Å². The van der Waals surface area contributed by atoms with Crippen molar-refractivity contribution in [1.29, 1.82) is 0 Å². The molecule has 0 bridgehead atoms. The van der Waals surface area contributed by atoms with Crippen LogP contribution in [0.2, 0.25) is 0 Å². The number of nitrogens with one attached hydrogen (secondary N) is 1. The largest absolute Gasteiger partial charge is 0.330 e. The molecule has 0 atom stereocenters. The third-order valence-electron chi connectivity index (χ3n) is 6.12. The van der Waals surface area contributed by atoms with Crippen LogP contribution in [0.3, 0.4) is 0 Å². The molecular weight excluding hydrogens is 422 g/mol. The molecule has 7 nitrogen and oxygen atoms in total. The van der Waals surface area contributed by atoms with Crippen molar-refractivity contribution in [2.45, 2.75) is 26.9 Å². The molecule has 2 aromatic carbocycles. The maximum atomic E-state index is 13.4. The Kier molecular flexibility index (Phi) is 4.06. The van der Waals surface area contributed by atoms with Gasteiger partial charge in [0.05, 0.1) is 15.9 Å². The number of nitrogens with zero attached hydrogens (tertiary/aromatic N) is 4. The van der Waals surface area contributed by atoms with Gasteiger partial charge in [0.1, 0.15) is 0 Å². The van der Waals surface area contributed by atoms with E-state index < -0.39 is 0 Å². The number of rotatable bonds is 2. The van der Waals surface area contributed by atoms with E-state index in [4.69, 9.17) is 0 Å². The van der Waals surface area contributed by atoms with Crippen molar-refractivity contribution in [2.24, 2.45) is 0 Å². The van der Waals surface area contributed by atoms with Crippen LogP contribution in [0.1, 0.15) is 32.6 Å². The highest BCUT2D eigenvalue weighted by atomic mass is 32.1. The molecule has 0 aliphatic carbocycles. The number of H-pyrrole nitrogens is 1. The number of aromatic amines is 1. The fraction of sp³-hybridized carbons (Fsp3) is 0.167. The first-order valence-electron chi connectivity index (χ1n) is 10.3. The normalized spacial score (nSPS) is 13.2. The summed E-state index contributed by atoms with van der Waals surface area (Å²) in [6.45, 7) is 5.12. The summed E-state index contributed by atoms with van der Waals surface area (Å²) in [6, 6.07) is 13.8. The summed E-state index contributed by atoms with van der Waals surface area (Å²) in [5, 5.41) is 10.4. The average Bonchev–Trinajstić information content (AvgIpc) is 3.51. The highest BCUT2D eigenvalue weighted by Crippen LogP contribution is 2.30. The van der Waals surface area contributed by atoms with Gasteiger partial charge < -0.3 is 9.88 Å². The van der Waals surface area contributed by atoms with E-state index in [0.29, 0.717) is 30.0 Å². The SMILES string of the molecule is Cc1cc2c(cc1C(=O)N1Cc3ccccc3C1)[nH]c(=O)c1nnc(-c3sccc3C)n12. The molecule has 0 fully saturated rings. The van der Waals surface area contributed by atoms with E-state index in [2.05, 4.69) is 27.3 Å². The van der Waals surface area contributed by atoms with Crippen LogP contribution in [0.25, 0.3) is 27.4 Å². The molecule has 3 aromatic heterocycles. The van der Waals surface area contributed by atoms with Crippen LogP contribution in [0.4, 0.5) is 0 Å². The van der Waals surface area contributed by atoms with Crippen LogP contribution in [-0.2, 0) is 13.1 Å². The van der Waals surface area contributed by atoms with Gasteiger partial charge in [-0.15, -0.1) is 21.5 Å². The zero-order valence-electron chi connectivity index (χ0n) is 17.5. The van der Waals surface area contributed by atoms with Crippen molar-refractivity contribution in [3.05, 3.63) is 86.0 Å². The second kappa shape index (κ2) is 6.86. The van der Waals surface area contributed by atoms with E-state index in [0.717, 1.165) is 21.5 Å². The first kappa shape index (κ1) is 18.9. The molecule has 0 radical (unpaired) electrons. The molecule has 8 heteroatoms. The molecule has 4 heterocycles. The number of carbonyl (C=O) groups excluding carboxylic acids is 1. The molecule has 32 heavy (non-hydrogen) atoms. The fourth-order valence-electron chi connectivity index (χ4n) is 4.44. The second-order valence-electron chi connectivity index (χ2n) is 8.18. The van der Waals surface area contributed by atoms with Gasteiger partial charge in [-0.3, -0.25) is 14.0 Å². The summed E-state index contributed by atoms with van der Waals surface area (Å²) in [5.74, 6) is 0.594. The quantitative estimate of drug-likeness (QED) is 0.448. The van der Waals surface area contributed by atoms with E-state index in [1.165, 1.54) is 11.1 Å². The molecule has 1 aliphatic rings. The minimum absolute atomic E-state index is 0.0420. The Morgan fingerprint density at radius 2 is 1.78 bits per heavy atom. The molecule has 0 saturated carbocycles. The molecule has 1 amide bonds. The van der Waals surface area contributed by atoms with Gasteiger partial charge >= 0.3 is 0 Å². The van der Waals surface area contributed by atoms with Crippen LogP contribution in [0.5, 0.6) is 0 Å². The molecule has 1 N–H and O–H groups in total. The lowest BCUT2D eigenvalue weighted by atomic mass is 10.1. The molecule has 5 aromatic rings. The van der Waals surface area contributed by atoms with Gasteiger partial charge in [-0.2, -0.15) is 0 Å². The number of amides is 1. The zero-order valence-corrected chi connectivity index (χ0v) is 18.4. The first-order chi connectivity index (χ1) is 15.5. The van der Waals surface area contributed by atoms with E-state index in [-0.39, 0.29) is 17.1 Å². The van der Waals surface area contributed by atoms with Crippen LogP contribution in [0.15, 0.2) is 52.6 Å². The van der Waals surface area contributed by atoms with Crippen LogP contribution in [0, 0.1) is 13.8 Å². The average molecular weight is 442 g/mol. The number of aryl methyl sites for hydroxylation is 2. The van der Waals surface area contributed by atoms with Crippen molar-refractivity contribution in [3.8, 4) is 10.7 Å². The lowest BCUT2D eigenvalue weighted by Gasteiger charge is -2.18.